The molecule has 1 aliphatic heterocycles. The summed E-state index contributed by atoms with van der Waals surface area (Å²) in [5.74, 6) is -15.4. The van der Waals surface area contributed by atoms with Crippen molar-refractivity contribution >= 4 is 55.4 Å². The maximum Gasteiger partial charge on any atom is 0.243 e. The fraction of sp³-hybridized carbons (Fsp3) is 0.0968. The zero-order valence-corrected chi connectivity index (χ0v) is 20.8. The second-order valence-electron chi connectivity index (χ2n) is 10.6. The van der Waals surface area contributed by atoms with E-state index >= 15 is 22.0 Å². The van der Waals surface area contributed by atoms with Gasteiger partial charge < -0.3 is 0 Å². The minimum Gasteiger partial charge on any atom is -0.206 e. The SMILES string of the molecule is CC1(C)c2ccccc2B(c2ccccc2)c2c1c(F)c1c(F)c(F)c3c(F)c(F)c(F)c4c(F)c(F)c2c1c34. The lowest BCUT2D eigenvalue weighted by molar-refractivity contribution is 0.448. The molecule has 9 heteroatoms. The lowest BCUT2D eigenvalue weighted by atomic mass is 9.31. The van der Waals surface area contributed by atoms with Crippen LogP contribution in [0.2, 0.25) is 0 Å². The van der Waals surface area contributed by atoms with Crippen molar-refractivity contribution in [2.45, 2.75) is 19.3 Å². The van der Waals surface area contributed by atoms with Crippen LogP contribution in [0.3, 0.4) is 0 Å². The Kier molecular flexibility index (Phi) is 4.95. The van der Waals surface area contributed by atoms with E-state index in [-0.39, 0.29) is 11.0 Å². The first kappa shape index (κ1) is 24.9. The Morgan fingerprint density at radius 1 is 0.475 bits per heavy atom. The number of halogens is 8. The van der Waals surface area contributed by atoms with Crippen LogP contribution in [0.25, 0.3) is 32.3 Å². The third kappa shape index (κ3) is 2.77. The zero-order valence-electron chi connectivity index (χ0n) is 20.8. The van der Waals surface area contributed by atoms with E-state index in [1.165, 1.54) is 0 Å². The Balaban J connectivity index is 1.86. The van der Waals surface area contributed by atoms with Crippen LogP contribution < -0.4 is 16.4 Å². The molecule has 0 radical (unpaired) electrons. The maximum atomic E-state index is 16.7. The highest BCUT2D eigenvalue weighted by Gasteiger charge is 2.46. The molecule has 198 valence electrons. The molecule has 40 heavy (non-hydrogen) atoms. The molecule has 0 aromatic heterocycles. The molecule has 0 spiro atoms. The van der Waals surface area contributed by atoms with E-state index < -0.39 is 91.0 Å². The van der Waals surface area contributed by atoms with Crippen molar-refractivity contribution in [3.8, 4) is 0 Å². The van der Waals surface area contributed by atoms with Gasteiger partial charge in [0, 0.05) is 21.6 Å². The molecule has 0 atom stereocenters. The van der Waals surface area contributed by atoms with Gasteiger partial charge in [-0.2, -0.15) is 0 Å². The average molecular weight is 550 g/mol. The Hall–Kier alpha value is -4.14. The van der Waals surface area contributed by atoms with Crippen LogP contribution in [0.4, 0.5) is 35.1 Å². The van der Waals surface area contributed by atoms with Gasteiger partial charge in [0.1, 0.15) is 5.82 Å². The summed E-state index contributed by atoms with van der Waals surface area (Å²) in [5.41, 5.74) is 0.223. The van der Waals surface area contributed by atoms with Gasteiger partial charge in [-0.05, 0) is 11.1 Å². The van der Waals surface area contributed by atoms with Crippen LogP contribution >= 0.6 is 0 Å². The number of hydrogen-bond donors (Lipinski definition) is 0. The summed E-state index contributed by atoms with van der Waals surface area (Å²) in [7, 11) is 0. The normalized spacial score (nSPS) is 14.4. The van der Waals surface area contributed by atoms with E-state index in [2.05, 4.69) is 0 Å². The Morgan fingerprint density at radius 3 is 1.52 bits per heavy atom. The average Bonchev–Trinajstić information content (AvgIpc) is 2.93. The molecule has 0 amide bonds. The van der Waals surface area contributed by atoms with Crippen molar-refractivity contribution in [3.63, 3.8) is 0 Å². The van der Waals surface area contributed by atoms with Crippen molar-refractivity contribution in [2.75, 3.05) is 0 Å². The predicted molar refractivity (Wildman–Crippen MR) is 139 cm³/mol. The molecule has 1 heterocycles. The summed E-state index contributed by atoms with van der Waals surface area (Å²) >= 11 is 0. The van der Waals surface area contributed by atoms with Crippen LogP contribution in [-0.2, 0) is 5.41 Å². The number of hydrogen-bond acceptors (Lipinski definition) is 0. The molecule has 1 aliphatic rings. The minimum atomic E-state index is -2.30. The first-order chi connectivity index (χ1) is 19.0. The molecule has 0 saturated carbocycles. The highest BCUT2D eigenvalue weighted by atomic mass is 19.2. The van der Waals surface area contributed by atoms with Crippen molar-refractivity contribution in [1.29, 1.82) is 0 Å². The molecule has 7 rings (SSSR count). The van der Waals surface area contributed by atoms with E-state index in [9.17, 15) is 13.2 Å². The van der Waals surface area contributed by atoms with Crippen LogP contribution in [0.5, 0.6) is 0 Å². The van der Waals surface area contributed by atoms with E-state index in [1.54, 1.807) is 68.4 Å². The number of fused-ring (bicyclic) bond motifs is 3. The molecule has 0 N–H and O–H groups in total. The van der Waals surface area contributed by atoms with Crippen LogP contribution in [0.1, 0.15) is 25.0 Å². The zero-order chi connectivity index (χ0) is 28.4. The van der Waals surface area contributed by atoms with E-state index in [0.717, 1.165) is 0 Å². The largest absolute Gasteiger partial charge is 0.243 e. The summed E-state index contributed by atoms with van der Waals surface area (Å²) in [6, 6.07) is 15.4. The lowest BCUT2D eigenvalue weighted by Crippen LogP contribution is -2.61. The molecular formula is C31H15BF8. The van der Waals surface area contributed by atoms with E-state index in [1.807, 2.05) is 0 Å². The van der Waals surface area contributed by atoms with E-state index in [0.29, 0.717) is 16.5 Å². The summed E-state index contributed by atoms with van der Waals surface area (Å²) in [5, 5.41) is -6.31. The topological polar surface area (TPSA) is 0 Å². The molecule has 0 fully saturated rings. The van der Waals surface area contributed by atoms with Gasteiger partial charge >= 0.3 is 0 Å². The highest BCUT2D eigenvalue weighted by Crippen LogP contribution is 2.47. The van der Waals surface area contributed by atoms with Crippen LogP contribution in [0.15, 0.2) is 54.6 Å². The quantitative estimate of drug-likeness (QED) is 0.0910. The first-order valence-electron chi connectivity index (χ1n) is 12.4. The van der Waals surface area contributed by atoms with Crippen LogP contribution in [0, 0.1) is 46.5 Å². The second-order valence-corrected chi connectivity index (χ2v) is 10.6. The Bertz CT molecular complexity index is 2040. The van der Waals surface area contributed by atoms with Gasteiger partial charge in [0.2, 0.25) is 6.71 Å². The van der Waals surface area contributed by atoms with Crippen molar-refractivity contribution in [3.05, 3.63) is 112 Å². The van der Waals surface area contributed by atoms with Gasteiger partial charge in [-0.3, -0.25) is 0 Å². The molecule has 6 aromatic rings. The van der Waals surface area contributed by atoms with Gasteiger partial charge in [-0.1, -0.05) is 84.8 Å². The smallest absolute Gasteiger partial charge is 0.206 e. The molecule has 0 saturated heterocycles. The van der Waals surface area contributed by atoms with E-state index in [4.69, 9.17) is 0 Å². The van der Waals surface area contributed by atoms with Gasteiger partial charge in [-0.15, -0.1) is 0 Å². The summed E-state index contributed by atoms with van der Waals surface area (Å²) in [6.07, 6.45) is 0. The first-order valence-corrected chi connectivity index (χ1v) is 12.4. The molecule has 0 bridgehead atoms. The lowest BCUT2D eigenvalue weighted by Gasteiger charge is -2.40. The summed E-state index contributed by atoms with van der Waals surface area (Å²) in [4.78, 5) is 0. The minimum absolute atomic E-state index is 0.0874. The van der Waals surface area contributed by atoms with Crippen molar-refractivity contribution in [2.24, 2.45) is 0 Å². The molecule has 0 aliphatic carbocycles. The fourth-order valence-corrected chi connectivity index (χ4v) is 6.68. The highest BCUT2D eigenvalue weighted by molar-refractivity contribution is 6.98. The molecule has 6 aromatic carbocycles. The predicted octanol–water partition coefficient (Wildman–Crippen LogP) is 6.85. The Morgan fingerprint density at radius 2 is 0.925 bits per heavy atom. The second kappa shape index (κ2) is 7.96. The number of benzene rings is 6. The summed E-state index contributed by atoms with van der Waals surface area (Å²) in [6.45, 7) is 2.31. The van der Waals surface area contributed by atoms with Gasteiger partial charge in [0.15, 0.2) is 40.7 Å². The van der Waals surface area contributed by atoms with Gasteiger partial charge in [0.25, 0.3) is 0 Å². The van der Waals surface area contributed by atoms with Crippen molar-refractivity contribution in [1.82, 2.24) is 0 Å². The van der Waals surface area contributed by atoms with Crippen LogP contribution in [-0.4, -0.2) is 6.71 Å². The molecule has 0 nitrogen and oxygen atoms in total. The third-order valence-electron chi connectivity index (χ3n) is 8.31. The number of rotatable bonds is 1. The summed E-state index contributed by atoms with van der Waals surface area (Å²) < 4.78 is 124. The standard InChI is InChI=1S/C31H15BF8/c1-31(2)13-10-6-7-11-14(13)32(12-8-4-3-5-9-12)22-17-15-16-19(26(36)24(17)34)28(38)30(40)29(39)20(16)27(37)25(35)18(15)23(33)21(22)31/h3-11H,1-2H3. The monoisotopic (exact) mass is 550 g/mol. The molecule has 0 unspecified atom stereocenters. The third-order valence-corrected chi connectivity index (χ3v) is 8.31. The van der Waals surface area contributed by atoms with Gasteiger partial charge in [-0.25, -0.2) is 35.1 Å². The fourth-order valence-electron chi connectivity index (χ4n) is 6.68. The maximum absolute atomic E-state index is 16.7. The Labute approximate surface area is 222 Å². The van der Waals surface area contributed by atoms with Gasteiger partial charge in [0.05, 0.1) is 16.2 Å². The van der Waals surface area contributed by atoms with Crippen molar-refractivity contribution < 1.29 is 35.1 Å². The molecular weight excluding hydrogens is 535 g/mol.